The first kappa shape index (κ1) is 17.4. The highest BCUT2D eigenvalue weighted by Crippen LogP contribution is 2.59. The van der Waals surface area contributed by atoms with E-state index in [2.05, 4.69) is 89.1 Å². The predicted molar refractivity (Wildman–Crippen MR) is 105 cm³/mol. The van der Waals surface area contributed by atoms with Crippen LogP contribution in [0.5, 0.6) is 0 Å². The van der Waals surface area contributed by atoms with Crippen molar-refractivity contribution in [3.05, 3.63) is 109 Å². The molecule has 4 aliphatic carbocycles. The van der Waals surface area contributed by atoms with Crippen molar-refractivity contribution in [1.29, 1.82) is 0 Å². The second-order valence-corrected chi connectivity index (χ2v) is 7.83. The molecule has 0 aromatic carbocycles. The lowest BCUT2D eigenvalue weighted by Gasteiger charge is -2.26. The molecule has 2 fully saturated rings. The van der Waals surface area contributed by atoms with Crippen LogP contribution in [0.4, 0.5) is 0 Å². The summed E-state index contributed by atoms with van der Waals surface area (Å²) >= 11 is 0. The first-order chi connectivity index (χ1) is 12.1. The summed E-state index contributed by atoms with van der Waals surface area (Å²) in [6.45, 7) is 9.17. The van der Waals surface area contributed by atoms with Gasteiger partial charge in [0.1, 0.15) is 0 Å². The highest BCUT2D eigenvalue weighted by molar-refractivity contribution is 5.71. The van der Waals surface area contributed by atoms with E-state index in [1.807, 2.05) is 0 Å². The minimum Gasteiger partial charge on any atom is -0.0759 e. The molecular weight excluding hydrogens is 300 g/mol. The van der Waals surface area contributed by atoms with Crippen molar-refractivity contribution in [2.45, 2.75) is 34.1 Å². The van der Waals surface area contributed by atoms with Gasteiger partial charge in [-0.05, 0) is 54.8 Å². The van der Waals surface area contributed by atoms with E-state index >= 15 is 0 Å². The number of rotatable bonds is 4. The second kappa shape index (κ2) is 6.93. The standard InChI is InChI=1S/C25H26/c1-16(2)24-14-18(20-9-5-7-11-22(20)24)13-19-15-25(17(3)4)23-12-8-6-10-21(19)23/h5-12,14-17H,13H2,1-4H3. The zero-order chi connectivity index (χ0) is 17.6. The van der Waals surface area contributed by atoms with Crippen molar-refractivity contribution in [3.63, 3.8) is 0 Å². The SMILES string of the molecule is CC(C)[C]1[CH][C](C[C]2[CH][C](C(C)C)[C]3C=CC=C[C]23)[C]2C=CC=C[C]21. The Kier molecular flexibility index (Phi) is 4.82. The van der Waals surface area contributed by atoms with Gasteiger partial charge in [-0.15, -0.1) is 0 Å². The summed E-state index contributed by atoms with van der Waals surface area (Å²) in [5.74, 6) is 12.7. The molecule has 4 rings (SSSR count). The monoisotopic (exact) mass is 326 g/mol. The Morgan fingerprint density at radius 3 is 1.28 bits per heavy atom. The highest BCUT2D eigenvalue weighted by atomic mass is 14.5. The van der Waals surface area contributed by atoms with Crippen LogP contribution < -0.4 is 0 Å². The van der Waals surface area contributed by atoms with Gasteiger partial charge in [0.25, 0.3) is 0 Å². The van der Waals surface area contributed by atoms with Gasteiger partial charge in [-0.25, -0.2) is 0 Å². The summed E-state index contributed by atoms with van der Waals surface area (Å²) in [4.78, 5) is 0. The van der Waals surface area contributed by atoms with Crippen LogP contribution in [-0.2, 0) is 0 Å². The van der Waals surface area contributed by atoms with Gasteiger partial charge in [-0.2, -0.15) is 0 Å². The molecule has 25 heavy (non-hydrogen) atoms. The lowest BCUT2D eigenvalue weighted by molar-refractivity contribution is 0.688. The number of fused-ring (bicyclic) bond motifs is 2. The Morgan fingerprint density at radius 1 is 0.560 bits per heavy atom. The zero-order valence-electron chi connectivity index (χ0n) is 15.6. The topological polar surface area (TPSA) is 0 Å². The molecule has 0 heterocycles. The molecule has 0 aliphatic heterocycles. The van der Waals surface area contributed by atoms with Crippen molar-refractivity contribution in [3.8, 4) is 0 Å². The van der Waals surface area contributed by atoms with E-state index < -0.39 is 0 Å². The average Bonchev–Trinajstić information content (AvgIpc) is 3.15. The van der Waals surface area contributed by atoms with Crippen LogP contribution in [0.1, 0.15) is 34.1 Å². The molecule has 0 amide bonds. The third kappa shape index (κ3) is 3.11. The van der Waals surface area contributed by atoms with Gasteiger partial charge in [-0.3, -0.25) is 0 Å². The lowest BCUT2D eigenvalue weighted by Crippen LogP contribution is -2.15. The zero-order valence-corrected chi connectivity index (χ0v) is 15.6. The van der Waals surface area contributed by atoms with Crippen molar-refractivity contribution in [1.82, 2.24) is 0 Å². The van der Waals surface area contributed by atoms with Crippen LogP contribution in [0.15, 0.2) is 48.6 Å². The van der Waals surface area contributed by atoms with E-state index in [9.17, 15) is 0 Å². The smallest absolute Gasteiger partial charge is 0.0164 e. The van der Waals surface area contributed by atoms with E-state index in [-0.39, 0.29) is 0 Å². The minimum absolute atomic E-state index is 0.557. The maximum Gasteiger partial charge on any atom is 0.0164 e. The maximum absolute atomic E-state index is 2.44. The molecule has 0 heteroatoms. The molecule has 126 valence electrons. The first-order valence-electron chi connectivity index (χ1n) is 9.40. The molecule has 2 saturated carbocycles. The van der Waals surface area contributed by atoms with Crippen LogP contribution in [0.3, 0.4) is 0 Å². The van der Waals surface area contributed by atoms with E-state index in [1.54, 1.807) is 0 Å². The van der Waals surface area contributed by atoms with Gasteiger partial charge in [0, 0.05) is 23.7 Å². The van der Waals surface area contributed by atoms with Gasteiger partial charge in [0.05, 0.1) is 0 Å². The Morgan fingerprint density at radius 2 is 0.920 bits per heavy atom. The summed E-state index contributed by atoms with van der Waals surface area (Å²) in [5, 5.41) is 0. The van der Waals surface area contributed by atoms with E-state index in [1.165, 1.54) is 47.3 Å². The second-order valence-electron chi connectivity index (χ2n) is 7.83. The van der Waals surface area contributed by atoms with Crippen LogP contribution in [0.2, 0.25) is 0 Å². The fourth-order valence-electron chi connectivity index (χ4n) is 4.17. The molecule has 0 nitrogen and oxygen atoms in total. The van der Waals surface area contributed by atoms with Crippen LogP contribution in [-0.4, -0.2) is 0 Å². The predicted octanol–water partition coefficient (Wildman–Crippen LogP) is 5.97. The molecule has 0 atom stereocenters. The molecule has 4 aliphatic rings. The van der Waals surface area contributed by atoms with Crippen molar-refractivity contribution in [2.24, 2.45) is 11.8 Å². The number of hydrogen-bond donors (Lipinski definition) is 0. The molecule has 0 bridgehead atoms. The van der Waals surface area contributed by atoms with E-state index in [0.29, 0.717) is 11.8 Å². The van der Waals surface area contributed by atoms with Gasteiger partial charge >= 0.3 is 0 Å². The quantitative estimate of drug-likeness (QED) is 0.597. The molecular formula is C25H26. The first-order valence-corrected chi connectivity index (χ1v) is 9.40. The highest BCUT2D eigenvalue weighted by Gasteiger charge is 2.49. The fourth-order valence-corrected chi connectivity index (χ4v) is 4.17. The molecule has 0 unspecified atom stereocenters. The molecule has 0 aromatic rings. The number of allylic oxidation sites excluding steroid dienone is 8. The number of hydrogen-bond acceptors (Lipinski definition) is 0. The molecule has 0 aromatic heterocycles. The summed E-state index contributed by atoms with van der Waals surface area (Å²) in [6, 6.07) is 0. The Labute approximate surface area is 155 Å². The van der Waals surface area contributed by atoms with Crippen molar-refractivity contribution in [2.75, 3.05) is 0 Å². The molecule has 0 N–H and O–H groups in total. The van der Waals surface area contributed by atoms with Gasteiger partial charge in [0.15, 0.2) is 0 Å². The van der Waals surface area contributed by atoms with Gasteiger partial charge in [-0.1, -0.05) is 76.3 Å². The van der Waals surface area contributed by atoms with Crippen LogP contribution in [0.25, 0.3) is 0 Å². The fraction of sp³-hybridized carbons (Fsp3) is 0.280. The molecule has 0 saturated heterocycles. The molecule has 10 radical (unpaired) electrons. The average molecular weight is 326 g/mol. The Balaban J connectivity index is 1.52. The molecule has 0 spiro atoms. The third-order valence-electron chi connectivity index (χ3n) is 5.45. The summed E-state index contributed by atoms with van der Waals surface area (Å²) < 4.78 is 0. The van der Waals surface area contributed by atoms with E-state index in [0.717, 1.165) is 6.42 Å². The van der Waals surface area contributed by atoms with Gasteiger partial charge < -0.3 is 0 Å². The lowest BCUT2D eigenvalue weighted by atomic mass is 9.76. The Hall–Kier alpha value is -1.04. The van der Waals surface area contributed by atoms with Crippen LogP contribution in [0, 0.1) is 72.0 Å². The summed E-state index contributed by atoms with van der Waals surface area (Å²) in [6.07, 6.45) is 23.7. The summed E-state index contributed by atoms with van der Waals surface area (Å²) in [5.41, 5.74) is 0. The van der Waals surface area contributed by atoms with Crippen molar-refractivity contribution < 1.29 is 0 Å². The third-order valence-corrected chi connectivity index (χ3v) is 5.45. The Bertz CT molecular complexity index is 535. The van der Waals surface area contributed by atoms with Crippen molar-refractivity contribution >= 4 is 0 Å². The largest absolute Gasteiger partial charge is 0.0759 e. The maximum atomic E-state index is 2.44. The van der Waals surface area contributed by atoms with Gasteiger partial charge in [0.2, 0.25) is 0 Å². The summed E-state index contributed by atoms with van der Waals surface area (Å²) in [7, 11) is 0. The normalized spacial score (nSPS) is 27.4. The van der Waals surface area contributed by atoms with Crippen LogP contribution >= 0.6 is 0 Å². The van der Waals surface area contributed by atoms with E-state index in [4.69, 9.17) is 0 Å². The minimum atomic E-state index is 0.557.